The molecule has 3 nitrogen and oxygen atoms in total. The van der Waals surface area contributed by atoms with Crippen LogP contribution in [-0.2, 0) is 44.8 Å². The van der Waals surface area contributed by atoms with Crippen LogP contribution in [0.15, 0.2) is 0 Å². The van der Waals surface area contributed by atoms with Crippen LogP contribution in [0.25, 0.3) is 0 Å². The number of hydrogen-bond donors (Lipinski definition) is 0. The molecule has 0 amide bonds. The molecule has 0 fully saturated rings. The van der Waals surface area contributed by atoms with Crippen molar-refractivity contribution in [3.63, 3.8) is 0 Å². The molecule has 6 N–H and O–H groups in total. The summed E-state index contributed by atoms with van der Waals surface area (Å²) in [5.41, 5.74) is 0. The average molecular weight is 240 g/mol. The molecule has 0 unspecified atom stereocenters. The van der Waals surface area contributed by atoms with Crippen molar-refractivity contribution in [3.8, 4) is 0 Å². The van der Waals surface area contributed by atoms with Gasteiger partial charge in [0.05, 0.1) is 0 Å². The standard InChI is InChI=1S/2Nb.3H2O/h;;3*1H2. The third-order valence-corrected chi connectivity index (χ3v) is 0. The van der Waals surface area contributed by atoms with Crippen molar-refractivity contribution >= 4 is 0 Å². The van der Waals surface area contributed by atoms with Crippen LogP contribution >= 0.6 is 0 Å². The van der Waals surface area contributed by atoms with Crippen molar-refractivity contribution in [2.24, 2.45) is 0 Å². The zero-order chi connectivity index (χ0) is 0. The Labute approximate surface area is 61.1 Å². The van der Waals surface area contributed by atoms with Crippen LogP contribution < -0.4 is 0 Å². The molecule has 5 heteroatoms. The summed E-state index contributed by atoms with van der Waals surface area (Å²) in [4.78, 5) is 0. The Hall–Kier alpha value is 1.36. The van der Waals surface area contributed by atoms with Gasteiger partial charge in [0, 0.05) is 44.8 Å². The van der Waals surface area contributed by atoms with E-state index in [9.17, 15) is 0 Å². The molecule has 0 saturated carbocycles. The minimum absolute atomic E-state index is 0. The summed E-state index contributed by atoms with van der Waals surface area (Å²) < 4.78 is 0. The van der Waals surface area contributed by atoms with Gasteiger partial charge in [0.25, 0.3) is 0 Å². The second-order valence-corrected chi connectivity index (χ2v) is 0. The zero-order valence-electron chi connectivity index (χ0n) is 2.39. The maximum Gasteiger partial charge on any atom is 0 e. The first-order valence-electron chi connectivity index (χ1n) is 0. The molecule has 34 valence electrons. The van der Waals surface area contributed by atoms with Gasteiger partial charge in [-0.25, -0.2) is 0 Å². The number of rotatable bonds is 0. The van der Waals surface area contributed by atoms with Crippen LogP contribution in [0.1, 0.15) is 0 Å². The third kappa shape index (κ3) is 32.7. The minimum atomic E-state index is 0. The normalized spacial score (nSPS) is 0. The van der Waals surface area contributed by atoms with E-state index in [2.05, 4.69) is 0 Å². The molecular weight excluding hydrogens is 234 g/mol. The molecule has 0 aliphatic carbocycles. The van der Waals surface area contributed by atoms with Crippen LogP contribution in [0.2, 0.25) is 0 Å². The van der Waals surface area contributed by atoms with Crippen molar-refractivity contribution in [1.29, 1.82) is 0 Å². The fraction of sp³-hybridized carbons (Fsp3) is 0. The monoisotopic (exact) mass is 240 g/mol. The van der Waals surface area contributed by atoms with E-state index < -0.39 is 0 Å². The fourth-order valence-corrected chi connectivity index (χ4v) is 0. The molecule has 0 aromatic rings. The van der Waals surface area contributed by atoms with Crippen LogP contribution in [0.5, 0.6) is 0 Å². The predicted octanol–water partition coefficient (Wildman–Crippen LogP) is -2.48. The average Bonchev–Trinajstić information content (AvgIpc) is 0. The van der Waals surface area contributed by atoms with Gasteiger partial charge in [0.1, 0.15) is 0 Å². The van der Waals surface area contributed by atoms with E-state index in [0.29, 0.717) is 0 Å². The molecule has 0 bridgehead atoms. The predicted molar refractivity (Wildman–Crippen MR) is 10.8 cm³/mol. The van der Waals surface area contributed by atoms with Crippen molar-refractivity contribution < 1.29 is 61.2 Å². The first-order chi connectivity index (χ1) is 0. The van der Waals surface area contributed by atoms with Crippen LogP contribution in [0.3, 0.4) is 0 Å². The SMILES string of the molecule is O.O.O.[Nb].[Nb]. The Morgan fingerprint density at radius 3 is 0.400 bits per heavy atom. The molecule has 0 spiro atoms. The largest absolute Gasteiger partial charge is 0.412 e. The summed E-state index contributed by atoms with van der Waals surface area (Å²) in [6.07, 6.45) is 0. The van der Waals surface area contributed by atoms with Crippen molar-refractivity contribution in [3.05, 3.63) is 0 Å². The van der Waals surface area contributed by atoms with Gasteiger partial charge in [-0.15, -0.1) is 0 Å². The van der Waals surface area contributed by atoms with E-state index in [1.165, 1.54) is 0 Å². The maximum absolute atomic E-state index is 0. The Morgan fingerprint density at radius 2 is 0.400 bits per heavy atom. The molecule has 0 aliphatic rings. The van der Waals surface area contributed by atoms with E-state index in [-0.39, 0.29) is 61.2 Å². The van der Waals surface area contributed by atoms with Gasteiger partial charge >= 0.3 is 0 Å². The molecule has 5 heavy (non-hydrogen) atoms. The van der Waals surface area contributed by atoms with Gasteiger partial charge in [-0.3, -0.25) is 0 Å². The van der Waals surface area contributed by atoms with Gasteiger partial charge in [-0.1, -0.05) is 0 Å². The molecule has 2 radical (unpaired) electrons. The Kier molecular flexibility index (Phi) is 1090. The van der Waals surface area contributed by atoms with Crippen LogP contribution in [0, 0.1) is 0 Å². The molecule has 0 rings (SSSR count). The first-order valence-corrected chi connectivity index (χ1v) is 0. The van der Waals surface area contributed by atoms with E-state index in [0.717, 1.165) is 0 Å². The van der Waals surface area contributed by atoms with Crippen LogP contribution in [-0.4, -0.2) is 16.4 Å². The second-order valence-electron chi connectivity index (χ2n) is 0. The smallest absolute Gasteiger partial charge is 0 e. The summed E-state index contributed by atoms with van der Waals surface area (Å²) in [6, 6.07) is 0. The van der Waals surface area contributed by atoms with Crippen molar-refractivity contribution in [1.82, 2.24) is 0 Å². The van der Waals surface area contributed by atoms with Crippen molar-refractivity contribution in [2.45, 2.75) is 0 Å². The first kappa shape index (κ1) is 98.7. The van der Waals surface area contributed by atoms with Crippen LogP contribution in [0.4, 0.5) is 0 Å². The van der Waals surface area contributed by atoms with E-state index in [4.69, 9.17) is 0 Å². The van der Waals surface area contributed by atoms with Gasteiger partial charge in [-0.2, -0.15) is 0 Å². The summed E-state index contributed by atoms with van der Waals surface area (Å²) >= 11 is 0. The fourth-order valence-electron chi connectivity index (χ4n) is 0. The summed E-state index contributed by atoms with van der Waals surface area (Å²) in [5.74, 6) is 0. The molecule has 0 saturated heterocycles. The molecule has 0 heterocycles. The molecule has 0 aromatic carbocycles. The molecular formula is H6Nb2O3. The summed E-state index contributed by atoms with van der Waals surface area (Å²) in [7, 11) is 0. The summed E-state index contributed by atoms with van der Waals surface area (Å²) in [6.45, 7) is 0. The van der Waals surface area contributed by atoms with Gasteiger partial charge in [0.2, 0.25) is 0 Å². The Bertz CT molecular complexity index is 4.85. The van der Waals surface area contributed by atoms with E-state index in [1.54, 1.807) is 0 Å². The molecule has 0 atom stereocenters. The quantitative estimate of drug-likeness (QED) is 0.419. The molecule has 0 aromatic heterocycles. The van der Waals surface area contributed by atoms with E-state index in [1.807, 2.05) is 0 Å². The Morgan fingerprint density at radius 1 is 0.400 bits per heavy atom. The van der Waals surface area contributed by atoms with E-state index >= 15 is 0 Å². The third-order valence-electron chi connectivity index (χ3n) is 0. The van der Waals surface area contributed by atoms with Gasteiger partial charge < -0.3 is 16.4 Å². The molecule has 0 aliphatic heterocycles. The topological polar surface area (TPSA) is 94.5 Å². The Balaban J connectivity index is 0. The maximum atomic E-state index is 0. The van der Waals surface area contributed by atoms with Crippen molar-refractivity contribution in [2.75, 3.05) is 0 Å². The number of hydrogen-bond acceptors (Lipinski definition) is 0. The summed E-state index contributed by atoms with van der Waals surface area (Å²) in [5, 5.41) is 0. The zero-order valence-corrected chi connectivity index (χ0v) is 6.79. The second kappa shape index (κ2) is 55.1. The minimum Gasteiger partial charge on any atom is -0.412 e. The van der Waals surface area contributed by atoms with Gasteiger partial charge in [0.15, 0.2) is 0 Å². The van der Waals surface area contributed by atoms with Gasteiger partial charge in [-0.05, 0) is 0 Å².